The number of hydrogen-bond donors (Lipinski definition) is 2. The fourth-order valence-corrected chi connectivity index (χ4v) is 2.55. The van der Waals surface area contributed by atoms with Crippen molar-refractivity contribution >= 4 is 0 Å². The highest BCUT2D eigenvalue weighted by molar-refractivity contribution is 5.29. The first kappa shape index (κ1) is 15.3. The fraction of sp³-hybridized carbons (Fsp3) is 0.647. The number of nitrogens with one attached hydrogen (secondary N) is 1. The van der Waals surface area contributed by atoms with Crippen molar-refractivity contribution in [2.45, 2.75) is 45.8 Å². The number of rotatable bonds is 8. The van der Waals surface area contributed by atoms with E-state index in [-0.39, 0.29) is 12.1 Å². The van der Waals surface area contributed by atoms with Crippen molar-refractivity contribution in [3.63, 3.8) is 0 Å². The second kappa shape index (κ2) is 7.09. The molecule has 2 atom stereocenters. The predicted octanol–water partition coefficient (Wildman–Crippen LogP) is 3.11. The maximum absolute atomic E-state index is 5.91. The van der Waals surface area contributed by atoms with Gasteiger partial charge in [0, 0.05) is 12.6 Å². The highest BCUT2D eigenvalue weighted by Gasteiger charge is 2.27. The van der Waals surface area contributed by atoms with E-state index in [0.29, 0.717) is 6.54 Å². The van der Waals surface area contributed by atoms with Crippen LogP contribution in [0.2, 0.25) is 0 Å². The summed E-state index contributed by atoms with van der Waals surface area (Å²) in [5.41, 5.74) is 7.15. The molecule has 0 bridgehead atoms. The van der Waals surface area contributed by atoms with Gasteiger partial charge in [-0.3, -0.25) is 0 Å². The summed E-state index contributed by atoms with van der Waals surface area (Å²) in [4.78, 5) is 0. The predicted molar refractivity (Wildman–Crippen MR) is 83.9 cm³/mol. The molecule has 2 unspecified atom stereocenters. The molecule has 0 heterocycles. The average Bonchev–Trinajstić information content (AvgIpc) is 3.24. The van der Waals surface area contributed by atoms with Gasteiger partial charge in [0.25, 0.3) is 0 Å². The Morgan fingerprint density at radius 2 is 1.85 bits per heavy atom. The van der Waals surface area contributed by atoms with Crippen molar-refractivity contribution in [3.05, 3.63) is 29.8 Å². The summed E-state index contributed by atoms with van der Waals surface area (Å²) in [5, 5.41) is 3.60. The standard InChI is InChI=1S/C17H28N2O/c1-12(2)20-16-8-6-15(7-9-16)17(10-18)19-11-13(3)14-4-5-14/h6-9,12-14,17,19H,4-5,10-11,18H2,1-3H3. The molecule has 3 nitrogen and oxygen atoms in total. The van der Waals surface area contributed by atoms with E-state index in [0.717, 1.165) is 24.1 Å². The van der Waals surface area contributed by atoms with Crippen molar-refractivity contribution in [1.82, 2.24) is 5.32 Å². The molecule has 2 rings (SSSR count). The molecule has 0 amide bonds. The van der Waals surface area contributed by atoms with Gasteiger partial charge in [0.1, 0.15) is 5.75 Å². The summed E-state index contributed by atoms with van der Waals surface area (Å²) in [6, 6.07) is 8.53. The minimum atomic E-state index is 0.212. The molecule has 112 valence electrons. The van der Waals surface area contributed by atoms with Crippen molar-refractivity contribution in [2.75, 3.05) is 13.1 Å². The second-order valence-corrected chi connectivity index (χ2v) is 6.25. The third-order valence-electron chi connectivity index (χ3n) is 4.00. The van der Waals surface area contributed by atoms with Crippen molar-refractivity contribution < 1.29 is 4.74 Å². The number of nitrogens with two attached hydrogens (primary N) is 1. The van der Waals surface area contributed by atoms with Crippen LogP contribution in [-0.4, -0.2) is 19.2 Å². The molecule has 0 spiro atoms. The maximum Gasteiger partial charge on any atom is 0.119 e. The molecule has 3 N–H and O–H groups in total. The Morgan fingerprint density at radius 3 is 2.35 bits per heavy atom. The van der Waals surface area contributed by atoms with E-state index in [4.69, 9.17) is 10.5 Å². The first-order valence-corrected chi connectivity index (χ1v) is 7.80. The molecule has 0 aliphatic heterocycles. The van der Waals surface area contributed by atoms with Crippen LogP contribution in [0.3, 0.4) is 0 Å². The molecule has 1 aromatic rings. The fourth-order valence-electron chi connectivity index (χ4n) is 2.55. The van der Waals surface area contributed by atoms with Crippen LogP contribution in [-0.2, 0) is 0 Å². The summed E-state index contributed by atoms with van der Waals surface area (Å²) in [6.07, 6.45) is 3.01. The Balaban J connectivity index is 1.89. The molecule has 0 aromatic heterocycles. The van der Waals surface area contributed by atoms with Gasteiger partial charge in [-0.05, 0) is 62.8 Å². The summed E-state index contributed by atoms with van der Waals surface area (Å²) >= 11 is 0. The monoisotopic (exact) mass is 276 g/mol. The third kappa shape index (κ3) is 4.50. The van der Waals surface area contributed by atoms with Gasteiger partial charge in [0.2, 0.25) is 0 Å². The maximum atomic E-state index is 5.91. The lowest BCUT2D eigenvalue weighted by Gasteiger charge is -2.20. The van der Waals surface area contributed by atoms with E-state index in [1.807, 2.05) is 26.0 Å². The zero-order valence-corrected chi connectivity index (χ0v) is 12.9. The lowest BCUT2D eigenvalue weighted by molar-refractivity contribution is 0.242. The molecular weight excluding hydrogens is 248 g/mol. The summed E-state index contributed by atoms with van der Waals surface area (Å²) in [6.45, 7) is 8.09. The molecule has 0 saturated heterocycles. The zero-order chi connectivity index (χ0) is 14.5. The van der Waals surface area contributed by atoms with E-state index in [1.54, 1.807) is 0 Å². The van der Waals surface area contributed by atoms with Crippen molar-refractivity contribution in [1.29, 1.82) is 0 Å². The molecule has 1 aromatic carbocycles. The van der Waals surface area contributed by atoms with Crippen LogP contribution in [0.1, 0.15) is 45.2 Å². The number of benzene rings is 1. The SMILES string of the molecule is CC(C)Oc1ccc(C(CN)NCC(C)C2CC2)cc1. The van der Waals surface area contributed by atoms with Gasteiger partial charge in [-0.25, -0.2) is 0 Å². The lowest BCUT2D eigenvalue weighted by atomic mass is 10.0. The molecule has 1 fully saturated rings. The second-order valence-electron chi connectivity index (χ2n) is 6.25. The molecule has 3 heteroatoms. The highest BCUT2D eigenvalue weighted by Crippen LogP contribution is 2.36. The molecule has 1 saturated carbocycles. The minimum Gasteiger partial charge on any atom is -0.491 e. The Kier molecular flexibility index (Phi) is 5.44. The summed E-state index contributed by atoms with van der Waals surface area (Å²) < 4.78 is 5.67. The summed E-state index contributed by atoms with van der Waals surface area (Å²) in [5.74, 6) is 2.61. The van der Waals surface area contributed by atoms with E-state index < -0.39 is 0 Å². The molecule has 0 radical (unpaired) electrons. The van der Waals surface area contributed by atoms with Crippen LogP contribution >= 0.6 is 0 Å². The normalized spacial score (nSPS) is 18.1. The molecular formula is C17H28N2O. The van der Waals surface area contributed by atoms with Gasteiger partial charge >= 0.3 is 0 Å². The highest BCUT2D eigenvalue weighted by atomic mass is 16.5. The third-order valence-corrected chi connectivity index (χ3v) is 4.00. The van der Waals surface area contributed by atoms with Gasteiger partial charge in [-0.15, -0.1) is 0 Å². The zero-order valence-electron chi connectivity index (χ0n) is 12.9. The van der Waals surface area contributed by atoms with Crippen LogP contribution in [0.4, 0.5) is 0 Å². The van der Waals surface area contributed by atoms with E-state index in [1.165, 1.54) is 18.4 Å². The van der Waals surface area contributed by atoms with E-state index >= 15 is 0 Å². The van der Waals surface area contributed by atoms with Crippen LogP contribution in [0.5, 0.6) is 5.75 Å². The van der Waals surface area contributed by atoms with Crippen LogP contribution in [0.15, 0.2) is 24.3 Å². The Labute approximate surface area is 122 Å². The number of ether oxygens (including phenoxy) is 1. The van der Waals surface area contributed by atoms with Crippen LogP contribution in [0.25, 0.3) is 0 Å². The Hall–Kier alpha value is -1.06. The first-order chi connectivity index (χ1) is 9.60. The minimum absolute atomic E-state index is 0.212. The largest absolute Gasteiger partial charge is 0.491 e. The van der Waals surface area contributed by atoms with Gasteiger partial charge in [-0.2, -0.15) is 0 Å². The van der Waals surface area contributed by atoms with E-state index in [9.17, 15) is 0 Å². The molecule has 1 aliphatic carbocycles. The van der Waals surface area contributed by atoms with Crippen molar-refractivity contribution in [2.24, 2.45) is 17.6 Å². The average molecular weight is 276 g/mol. The van der Waals surface area contributed by atoms with Gasteiger partial charge < -0.3 is 15.8 Å². The van der Waals surface area contributed by atoms with Gasteiger partial charge in [-0.1, -0.05) is 19.1 Å². The molecule has 20 heavy (non-hydrogen) atoms. The number of hydrogen-bond acceptors (Lipinski definition) is 3. The van der Waals surface area contributed by atoms with E-state index in [2.05, 4.69) is 24.4 Å². The van der Waals surface area contributed by atoms with Crippen molar-refractivity contribution in [3.8, 4) is 5.75 Å². The molecule has 1 aliphatic rings. The van der Waals surface area contributed by atoms with Gasteiger partial charge in [0.05, 0.1) is 6.10 Å². The quantitative estimate of drug-likeness (QED) is 0.767. The Bertz CT molecular complexity index is 398. The van der Waals surface area contributed by atoms with Crippen LogP contribution < -0.4 is 15.8 Å². The van der Waals surface area contributed by atoms with Crippen LogP contribution in [0, 0.1) is 11.8 Å². The topological polar surface area (TPSA) is 47.3 Å². The summed E-state index contributed by atoms with van der Waals surface area (Å²) in [7, 11) is 0. The Morgan fingerprint density at radius 1 is 1.20 bits per heavy atom. The smallest absolute Gasteiger partial charge is 0.119 e. The van der Waals surface area contributed by atoms with Gasteiger partial charge in [0.15, 0.2) is 0 Å². The first-order valence-electron chi connectivity index (χ1n) is 7.80. The lowest BCUT2D eigenvalue weighted by Crippen LogP contribution is -2.32.